The van der Waals surface area contributed by atoms with Gasteiger partial charge in [0.25, 0.3) is 5.91 Å². The van der Waals surface area contributed by atoms with E-state index >= 15 is 0 Å². The van der Waals surface area contributed by atoms with Crippen LogP contribution in [0.4, 0.5) is 13.2 Å². The van der Waals surface area contributed by atoms with Crippen molar-refractivity contribution in [1.82, 2.24) is 29.6 Å². The van der Waals surface area contributed by atoms with Gasteiger partial charge in [-0.15, -0.1) is 10.2 Å². The van der Waals surface area contributed by atoms with Crippen molar-refractivity contribution >= 4 is 5.91 Å². The number of halogens is 3. The van der Waals surface area contributed by atoms with Crippen LogP contribution in [-0.2, 0) is 17.5 Å². The highest BCUT2D eigenvalue weighted by atomic mass is 19.4. The Labute approximate surface area is 174 Å². The Hall–Kier alpha value is -3.34. The van der Waals surface area contributed by atoms with Gasteiger partial charge in [0, 0.05) is 24.5 Å². The molecule has 1 aromatic carbocycles. The van der Waals surface area contributed by atoms with Crippen LogP contribution in [0.3, 0.4) is 0 Å². The lowest BCUT2D eigenvalue weighted by atomic mass is 9.97. The molecule has 2 aliphatic rings. The summed E-state index contributed by atoms with van der Waals surface area (Å²) in [6, 6.07) is 4.40. The summed E-state index contributed by atoms with van der Waals surface area (Å²) in [6.45, 7) is 2.08. The molecule has 0 spiro atoms. The zero-order chi connectivity index (χ0) is 21.8. The lowest BCUT2D eigenvalue weighted by molar-refractivity contribution is -0.138. The number of fused-ring (bicyclic) bond motifs is 4. The van der Waals surface area contributed by atoms with Crippen molar-refractivity contribution in [2.75, 3.05) is 13.2 Å². The summed E-state index contributed by atoms with van der Waals surface area (Å²) in [4.78, 5) is 23.4. The zero-order valence-electron chi connectivity index (χ0n) is 16.4. The molecule has 0 unspecified atom stereocenters. The van der Waals surface area contributed by atoms with Crippen LogP contribution < -0.4 is 0 Å². The van der Waals surface area contributed by atoms with Crippen molar-refractivity contribution < 1.29 is 22.7 Å². The average molecular weight is 430 g/mol. The number of rotatable bonds is 2. The van der Waals surface area contributed by atoms with Gasteiger partial charge in [-0.25, -0.2) is 9.97 Å². The standard InChI is InChI=1S/C20H17F3N6O2/c1-11-13(4-2-5-14(11)20(21,22)23)19(30)29-12-8-28-17(15(29)10-31-9-12)26-27-18(28)16-24-6-3-7-25-16/h2-7,12,15H,8-10H2,1H3/t12-,15-/m1/s1. The summed E-state index contributed by atoms with van der Waals surface area (Å²) in [6.07, 6.45) is -1.34. The Morgan fingerprint density at radius 3 is 2.65 bits per heavy atom. The molecule has 11 heteroatoms. The summed E-state index contributed by atoms with van der Waals surface area (Å²) >= 11 is 0. The van der Waals surface area contributed by atoms with Crippen LogP contribution in [-0.4, -0.2) is 54.8 Å². The molecule has 1 amide bonds. The first-order valence-corrected chi connectivity index (χ1v) is 9.64. The van der Waals surface area contributed by atoms with Crippen LogP contribution in [0.15, 0.2) is 36.7 Å². The first-order chi connectivity index (χ1) is 14.9. The van der Waals surface area contributed by atoms with E-state index in [0.717, 1.165) is 6.07 Å². The molecular weight excluding hydrogens is 413 g/mol. The van der Waals surface area contributed by atoms with Crippen LogP contribution in [0.25, 0.3) is 11.6 Å². The number of carbonyl (C=O) groups is 1. The molecule has 0 saturated carbocycles. The predicted octanol–water partition coefficient (Wildman–Crippen LogP) is 2.66. The van der Waals surface area contributed by atoms with E-state index in [-0.39, 0.29) is 30.4 Å². The van der Waals surface area contributed by atoms with E-state index in [0.29, 0.717) is 24.0 Å². The van der Waals surface area contributed by atoms with Gasteiger partial charge in [-0.2, -0.15) is 13.2 Å². The van der Waals surface area contributed by atoms with Gasteiger partial charge in [-0.1, -0.05) is 6.07 Å². The number of ether oxygens (including phenoxy) is 1. The van der Waals surface area contributed by atoms with E-state index in [1.54, 1.807) is 23.4 Å². The highest BCUT2D eigenvalue weighted by Crippen LogP contribution is 2.37. The second-order valence-corrected chi connectivity index (χ2v) is 7.46. The highest BCUT2D eigenvalue weighted by Gasteiger charge is 2.45. The molecule has 0 radical (unpaired) electrons. The lowest BCUT2D eigenvalue weighted by Gasteiger charge is -2.45. The van der Waals surface area contributed by atoms with Crippen LogP contribution in [0.1, 0.15) is 33.4 Å². The summed E-state index contributed by atoms with van der Waals surface area (Å²) in [5, 5.41) is 8.44. The molecule has 0 aliphatic carbocycles. The molecule has 4 heterocycles. The maximum absolute atomic E-state index is 13.4. The number of morpholine rings is 1. The lowest BCUT2D eigenvalue weighted by Crippen LogP contribution is -2.56. The maximum Gasteiger partial charge on any atom is 0.416 e. The quantitative estimate of drug-likeness (QED) is 0.622. The summed E-state index contributed by atoms with van der Waals surface area (Å²) in [5.41, 5.74) is -0.890. The molecule has 2 aliphatic heterocycles. The molecular formula is C20H17F3N6O2. The Morgan fingerprint density at radius 1 is 1.13 bits per heavy atom. The number of amides is 1. The van der Waals surface area contributed by atoms with Crippen molar-refractivity contribution in [3.05, 3.63) is 59.2 Å². The van der Waals surface area contributed by atoms with Crippen LogP contribution in [0, 0.1) is 6.92 Å². The molecule has 160 valence electrons. The second kappa shape index (κ2) is 7.12. The first-order valence-electron chi connectivity index (χ1n) is 9.64. The van der Waals surface area contributed by atoms with Gasteiger partial charge < -0.3 is 14.2 Å². The fourth-order valence-electron chi connectivity index (χ4n) is 4.22. The van der Waals surface area contributed by atoms with Crippen molar-refractivity contribution in [2.24, 2.45) is 0 Å². The highest BCUT2D eigenvalue weighted by molar-refractivity contribution is 5.96. The third kappa shape index (κ3) is 3.16. The topological polar surface area (TPSA) is 86.0 Å². The summed E-state index contributed by atoms with van der Waals surface area (Å²) < 4.78 is 47.5. The molecule has 5 rings (SSSR count). The molecule has 0 N–H and O–H groups in total. The van der Waals surface area contributed by atoms with E-state index in [9.17, 15) is 18.0 Å². The molecule has 1 saturated heterocycles. The van der Waals surface area contributed by atoms with Crippen molar-refractivity contribution in [3.63, 3.8) is 0 Å². The number of aromatic nitrogens is 5. The number of alkyl halides is 3. The van der Waals surface area contributed by atoms with E-state index in [1.807, 2.05) is 4.57 Å². The predicted molar refractivity (Wildman–Crippen MR) is 101 cm³/mol. The molecule has 2 atom stereocenters. The molecule has 31 heavy (non-hydrogen) atoms. The third-order valence-electron chi connectivity index (χ3n) is 5.66. The SMILES string of the molecule is Cc1c(C(=O)N2[C@H]3COC[C@@H]2c2nnc(-c4ncccn4)n2C3)cccc1C(F)(F)F. The molecule has 3 aromatic rings. The van der Waals surface area contributed by atoms with Crippen LogP contribution >= 0.6 is 0 Å². The molecule has 8 nitrogen and oxygen atoms in total. The third-order valence-corrected chi connectivity index (χ3v) is 5.66. The molecule has 1 fully saturated rings. The van der Waals surface area contributed by atoms with E-state index < -0.39 is 23.7 Å². The Kier molecular flexibility index (Phi) is 4.50. The largest absolute Gasteiger partial charge is 0.416 e. The number of benzene rings is 1. The number of nitrogens with zero attached hydrogens (tertiary/aromatic N) is 6. The van der Waals surface area contributed by atoms with Gasteiger partial charge in [0.2, 0.25) is 5.82 Å². The van der Waals surface area contributed by atoms with Gasteiger partial charge in [0.05, 0.1) is 24.8 Å². The number of hydrogen-bond acceptors (Lipinski definition) is 6. The normalized spacial score (nSPS) is 20.5. The van der Waals surface area contributed by atoms with Crippen molar-refractivity contribution in [2.45, 2.75) is 31.7 Å². The van der Waals surface area contributed by atoms with Gasteiger partial charge in [-0.3, -0.25) is 4.79 Å². The van der Waals surface area contributed by atoms with Crippen molar-refractivity contribution in [1.29, 1.82) is 0 Å². The van der Waals surface area contributed by atoms with Gasteiger partial charge >= 0.3 is 6.18 Å². The molecule has 2 aromatic heterocycles. The maximum atomic E-state index is 13.4. The second-order valence-electron chi connectivity index (χ2n) is 7.46. The number of carbonyl (C=O) groups excluding carboxylic acids is 1. The summed E-state index contributed by atoms with van der Waals surface area (Å²) in [5.74, 6) is 0.911. The van der Waals surface area contributed by atoms with Crippen LogP contribution in [0.2, 0.25) is 0 Å². The number of hydrogen-bond donors (Lipinski definition) is 0. The fraction of sp³-hybridized carbons (Fsp3) is 0.350. The zero-order valence-corrected chi connectivity index (χ0v) is 16.4. The fourth-order valence-corrected chi connectivity index (χ4v) is 4.22. The Balaban J connectivity index is 1.55. The minimum Gasteiger partial charge on any atom is -0.377 e. The monoisotopic (exact) mass is 430 g/mol. The average Bonchev–Trinajstić information content (AvgIpc) is 3.16. The van der Waals surface area contributed by atoms with E-state index in [4.69, 9.17) is 4.74 Å². The molecule has 2 bridgehead atoms. The van der Waals surface area contributed by atoms with E-state index in [1.165, 1.54) is 19.1 Å². The minimum atomic E-state index is -4.54. The van der Waals surface area contributed by atoms with Gasteiger partial charge in [0.1, 0.15) is 6.04 Å². The first kappa shape index (κ1) is 19.6. The van der Waals surface area contributed by atoms with Crippen LogP contribution in [0.5, 0.6) is 0 Å². The van der Waals surface area contributed by atoms with E-state index in [2.05, 4.69) is 20.2 Å². The summed E-state index contributed by atoms with van der Waals surface area (Å²) in [7, 11) is 0. The minimum absolute atomic E-state index is 0.0197. The van der Waals surface area contributed by atoms with Crippen molar-refractivity contribution in [3.8, 4) is 11.6 Å². The van der Waals surface area contributed by atoms with Gasteiger partial charge in [-0.05, 0) is 30.7 Å². The van der Waals surface area contributed by atoms with Gasteiger partial charge in [0.15, 0.2) is 11.6 Å². The Morgan fingerprint density at radius 2 is 1.90 bits per heavy atom. The Bertz CT molecular complexity index is 1150. The smallest absolute Gasteiger partial charge is 0.377 e.